The number of nitrogens with one attached hydrogen (secondary N) is 1. The van der Waals surface area contributed by atoms with Gasteiger partial charge in [0, 0.05) is 32.2 Å². The third-order valence-corrected chi connectivity index (χ3v) is 2.78. The summed E-state index contributed by atoms with van der Waals surface area (Å²) in [5.41, 5.74) is 1.07. The van der Waals surface area contributed by atoms with Gasteiger partial charge in [-0.1, -0.05) is 0 Å². The lowest BCUT2D eigenvalue weighted by Crippen LogP contribution is -2.35. The number of hydrogen-bond acceptors (Lipinski definition) is 5. The van der Waals surface area contributed by atoms with E-state index in [9.17, 15) is 0 Å². The Morgan fingerprint density at radius 3 is 2.21 bits per heavy atom. The summed E-state index contributed by atoms with van der Waals surface area (Å²) in [6, 6.07) is 4.07. The van der Waals surface area contributed by atoms with Gasteiger partial charge in [0.1, 0.15) is 0 Å². The van der Waals surface area contributed by atoms with E-state index < -0.39 is 0 Å². The second-order valence-corrected chi connectivity index (χ2v) is 6.21. The molecule has 5 nitrogen and oxygen atoms in total. The van der Waals surface area contributed by atoms with E-state index in [-0.39, 0.29) is 5.54 Å². The fraction of sp³-hybridized carbons (Fsp3) is 0.714. The predicted molar refractivity (Wildman–Crippen MR) is 80.4 cm³/mol. The minimum Gasteiger partial charge on any atom is -0.357 e. The molecule has 0 amide bonds. The summed E-state index contributed by atoms with van der Waals surface area (Å²) in [6.07, 6.45) is 0. The van der Waals surface area contributed by atoms with E-state index in [0.717, 1.165) is 31.1 Å². The van der Waals surface area contributed by atoms with Crippen molar-refractivity contribution >= 4 is 5.82 Å². The highest BCUT2D eigenvalue weighted by Gasteiger charge is 2.09. The van der Waals surface area contributed by atoms with Crippen LogP contribution >= 0.6 is 0 Å². The smallest absolute Gasteiger partial charge is 0.151 e. The van der Waals surface area contributed by atoms with Gasteiger partial charge < -0.3 is 15.1 Å². The molecule has 0 aliphatic carbocycles. The Labute approximate surface area is 117 Å². The van der Waals surface area contributed by atoms with Crippen LogP contribution in [0.1, 0.15) is 26.5 Å². The highest BCUT2D eigenvalue weighted by atomic mass is 15.3. The minimum absolute atomic E-state index is 0.100. The second kappa shape index (κ2) is 6.82. The van der Waals surface area contributed by atoms with Crippen molar-refractivity contribution in [1.82, 2.24) is 20.4 Å². The van der Waals surface area contributed by atoms with Gasteiger partial charge in [0.15, 0.2) is 5.82 Å². The number of aromatic nitrogens is 2. The van der Waals surface area contributed by atoms with Crippen molar-refractivity contribution in [3.05, 3.63) is 17.8 Å². The van der Waals surface area contributed by atoms with Crippen molar-refractivity contribution < 1.29 is 0 Å². The number of hydrogen-bond donors (Lipinski definition) is 1. The summed E-state index contributed by atoms with van der Waals surface area (Å²) in [4.78, 5) is 4.28. The molecule has 0 spiro atoms. The quantitative estimate of drug-likeness (QED) is 0.841. The molecule has 0 radical (unpaired) electrons. The second-order valence-electron chi connectivity index (χ2n) is 6.21. The molecule has 0 aromatic carbocycles. The van der Waals surface area contributed by atoms with Gasteiger partial charge in [-0.25, -0.2) is 0 Å². The lowest BCUT2D eigenvalue weighted by molar-refractivity contribution is 0.415. The van der Waals surface area contributed by atoms with E-state index in [1.165, 1.54) is 0 Å². The summed E-state index contributed by atoms with van der Waals surface area (Å²) in [6.45, 7) is 9.13. The summed E-state index contributed by atoms with van der Waals surface area (Å²) in [5, 5.41) is 11.9. The molecule has 0 saturated carbocycles. The van der Waals surface area contributed by atoms with Crippen LogP contribution in [0.4, 0.5) is 5.82 Å². The van der Waals surface area contributed by atoms with Crippen LogP contribution in [-0.2, 0) is 6.54 Å². The molecular formula is C14H27N5. The van der Waals surface area contributed by atoms with E-state index in [1.807, 2.05) is 19.2 Å². The lowest BCUT2D eigenvalue weighted by atomic mass is 10.1. The fourth-order valence-corrected chi connectivity index (χ4v) is 1.47. The topological polar surface area (TPSA) is 44.3 Å². The molecular weight excluding hydrogens is 238 g/mol. The first-order chi connectivity index (χ1) is 8.78. The molecule has 19 heavy (non-hydrogen) atoms. The zero-order chi connectivity index (χ0) is 14.5. The van der Waals surface area contributed by atoms with Crippen molar-refractivity contribution in [3.8, 4) is 0 Å². The van der Waals surface area contributed by atoms with Crippen LogP contribution < -0.4 is 10.2 Å². The van der Waals surface area contributed by atoms with Crippen molar-refractivity contribution in [2.24, 2.45) is 0 Å². The van der Waals surface area contributed by atoms with Crippen LogP contribution in [-0.4, -0.2) is 54.9 Å². The number of anilines is 1. The van der Waals surface area contributed by atoms with Gasteiger partial charge in [0.25, 0.3) is 0 Å². The number of rotatable bonds is 6. The Kier molecular flexibility index (Phi) is 5.69. The molecule has 5 heteroatoms. The van der Waals surface area contributed by atoms with E-state index in [4.69, 9.17) is 0 Å². The van der Waals surface area contributed by atoms with E-state index >= 15 is 0 Å². The Hall–Kier alpha value is -1.20. The third kappa shape index (κ3) is 6.50. The Bertz CT molecular complexity index is 366. The van der Waals surface area contributed by atoms with Crippen molar-refractivity contribution in [3.63, 3.8) is 0 Å². The predicted octanol–water partition coefficient (Wildman–Crippen LogP) is 1.36. The van der Waals surface area contributed by atoms with Crippen LogP contribution in [0.3, 0.4) is 0 Å². The van der Waals surface area contributed by atoms with Crippen molar-refractivity contribution in [2.45, 2.75) is 32.9 Å². The maximum atomic E-state index is 4.27. The Morgan fingerprint density at radius 1 is 1.05 bits per heavy atom. The molecule has 0 bridgehead atoms. The van der Waals surface area contributed by atoms with Crippen LogP contribution in [0.15, 0.2) is 12.1 Å². The molecule has 108 valence electrons. The largest absolute Gasteiger partial charge is 0.357 e. The molecule has 0 aliphatic rings. The zero-order valence-corrected chi connectivity index (χ0v) is 13.1. The van der Waals surface area contributed by atoms with Crippen LogP contribution in [0.25, 0.3) is 0 Å². The molecule has 0 unspecified atom stereocenters. The highest BCUT2D eigenvalue weighted by molar-refractivity contribution is 5.36. The molecule has 0 fully saturated rings. The summed E-state index contributed by atoms with van der Waals surface area (Å²) >= 11 is 0. The van der Waals surface area contributed by atoms with Crippen LogP contribution in [0.5, 0.6) is 0 Å². The maximum absolute atomic E-state index is 4.27. The van der Waals surface area contributed by atoms with Gasteiger partial charge in [0.05, 0.1) is 5.69 Å². The monoisotopic (exact) mass is 265 g/mol. The average Bonchev–Trinajstić information content (AvgIpc) is 2.33. The highest BCUT2D eigenvalue weighted by Crippen LogP contribution is 2.08. The standard InChI is InChI=1S/C14H27N5/c1-14(2,3)15-11-12-7-8-13(17-16-12)19(6)10-9-18(4)5/h7-8,15H,9-11H2,1-6H3. The number of likely N-dealkylation sites (N-methyl/N-ethyl adjacent to an activating group) is 2. The third-order valence-electron chi connectivity index (χ3n) is 2.78. The molecule has 0 saturated heterocycles. The SMILES string of the molecule is CN(C)CCN(C)c1ccc(CNC(C)(C)C)nn1. The van der Waals surface area contributed by atoms with Crippen LogP contribution in [0.2, 0.25) is 0 Å². The first-order valence-corrected chi connectivity index (χ1v) is 6.71. The van der Waals surface area contributed by atoms with Crippen molar-refractivity contribution in [1.29, 1.82) is 0 Å². The molecule has 0 atom stereocenters. The molecule has 1 aromatic heterocycles. The first kappa shape index (κ1) is 15.9. The van der Waals surface area contributed by atoms with E-state index in [2.05, 4.69) is 60.2 Å². The molecule has 1 rings (SSSR count). The van der Waals surface area contributed by atoms with Crippen molar-refractivity contribution in [2.75, 3.05) is 39.1 Å². The minimum atomic E-state index is 0.100. The Morgan fingerprint density at radius 2 is 1.74 bits per heavy atom. The number of nitrogens with zero attached hydrogens (tertiary/aromatic N) is 4. The molecule has 0 aliphatic heterocycles. The summed E-state index contributed by atoms with van der Waals surface area (Å²) in [7, 11) is 6.18. The van der Waals surface area contributed by atoms with Gasteiger partial charge in [-0.2, -0.15) is 5.10 Å². The zero-order valence-electron chi connectivity index (χ0n) is 13.1. The summed E-state index contributed by atoms with van der Waals surface area (Å²) < 4.78 is 0. The van der Waals surface area contributed by atoms with E-state index in [1.54, 1.807) is 0 Å². The molecule has 1 heterocycles. The van der Waals surface area contributed by atoms with Crippen LogP contribution in [0, 0.1) is 0 Å². The fourth-order valence-electron chi connectivity index (χ4n) is 1.47. The maximum Gasteiger partial charge on any atom is 0.151 e. The van der Waals surface area contributed by atoms with Gasteiger partial charge in [0.2, 0.25) is 0 Å². The molecule has 1 N–H and O–H groups in total. The van der Waals surface area contributed by atoms with Gasteiger partial charge >= 0.3 is 0 Å². The van der Waals surface area contributed by atoms with E-state index in [0.29, 0.717) is 0 Å². The summed E-state index contributed by atoms with van der Waals surface area (Å²) in [5.74, 6) is 0.918. The normalized spacial score (nSPS) is 11.9. The first-order valence-electron chi connectivity index (χ1n) is 6.71. The van der Waals surface area contributed by atoms with Gasteiger partial charge in [-0.15, -0.1) is 5.10 Å². The van der Waals surface area contributed by atoms with Gasteiger partial charge in [-0.3, -0.25) is 0 Å². The Balaban J connectivity index is 2.51. The average molecular weight is 265 g/mol. The van der Waals surface area contributed by atoms with Gasteiger partial charge in [-0.05, 0) is 47.0 Å². The molecule has 1 aromatic rings. The lowest BCUT2D eigenvalue weighted by Gasteiger charge is -2.21.